The first kappa shape index (κ1) is 17.5. The van der Waals surface area contributed by atoms with Crippen molar-refractivity contribution in [2.45, 2.75) is 11.7 Å². The summed E-state index contributed by atoms with van der Waals surface area (Å²) in [5, 5.41) is 15.5. The third-order valence-electron chi connectivity index (χ3n) is 3.24. The highest BCUT2D eigenvalue weighted by Gasteiger charge is 2.32. The molecule has 0 aliphatic carbocycles. The molecule has 2 amide bonds. The summed E-state index contributed by atoms with van der Waals surface area (Å²) in [5.74, 6) is -0.578. The lowest BCUT2D eigenvalue weighted by Crippen LogP contribution is -2.28. The first-order chi connectivity index (χ1) is 12.5. The summed E-state index contributed by atoms with van der Waals surface area (Å²) in [5.41, 5.74) is 0.159. The van der Waals surface area contributed by atoms with E-state index in [4.69, 9.17) is 0 Å². The molecule has 0 spiro atoms. The third kappa shape index (κ3) is 4.39. The number of nitrogens with zero attached hydrogens (tertiary/aromatic N) is 4. The second-order valence-corrected chi connectivity index (χ2v) is 6.31. The van der Waals surface area contributed by atoms with Crippen molar-refractivity contribution in [2.75, 3.05) is 5.32 Å². The molecule has 0 radical (unpaired) electrons. The number of benzene rings is 1. The van der Waals surface area contributed by atoms with Crippen LogP contribution in [0.2, 0.25) is 0 Å². The van der Waals surface area contributed by atoms with Gasteiger partial charge in [-0.2, -0.15) is 4.99 Å². The number of aromatic nitrogens is 2. The molecule has 26 heavy (non-hydrogen) atoms. The number of nitro groups is 1. The number of amidine groups is 1. The van der Waals surface area contributed by atoms with Crippen molar-refractivity contribution in [1.82, 2.24) is 15.3 Å². The van der Waals surface area contributed by atoms with Gasteiger partial charge in [0.2, 0.25) is 11.8 Å². The van der Waals surface area contributed by atoms with Crippen LogP contribution in [0.15, 0.2) is 47.7 Å². The summed E-state index contributed by atoms with van der Waals surface area (Å²) >= 11 is 1.10. The molecule has 3 rings (SSSR count). The van der Waals surface area contributed by atoms with Gasteiger partial charge in [0, 0.05) is 36.6 Å². The van der Waals surface area contributed by atoms with Gasteiger partial charge < -0.3 is 10.6 Å². The monoisotopic (exact) mass is 372 g/mol. The van der Waals surface area contributed by atoms with Crippen LogP contribution in [0.25, 0.3) is 0 Å². The van der Waals surface area contributed by atoms with Crippen molar-refractivity contribution in [3.63, 3.8) is 0 Å². The molecule has 1 saturated heterocycles. The summed E-state index contributed by atoms with van der Waals surface area (Å²) in [6, 6.07) is 7.22. The second-order valence-electron chi connectivity index (χ2n) is 5.12. The summed E-state index contributed by atoms with van der Waals surface area (Å²) in [6.45, 7) is 0. The minimum atomic E-state index is -0.656. The Labute approximate surface area is 151 Å². The van der Waals surface area contributed by atoms with Gasteiger partial charge in [0.1, 0.15) is 5.25 Å². The summed E-state index contributed by atoms with van der Waals surface area (Å²) < 4.78 is 0. The molecule has 1 aliphatic rings. The van der Waals surface area contributed by atoms with Gasteiger partial charge in [0.05, 0.1) is 4.92 Å². The van der Waals surface area contributed by atoms with Gasteiger partial charge in [-0.1, -0.05) is 17.8 Å². The average Bonchev–Trinajstić information content (AvgIpc) is 2.95. The van der Waals surface area contributed by atoms with Gasteiger partial charge in [-0.3, -0.25) is 19.7 Å². The van der Waals surface area contributed by atoms with Crippen LogP contribution < -0.4 is 10.6 Å². The lowest BCUT2D eigenvalue weighted by molar-refractivity contribution is -0.384. The number of nitrogens with one attached hydrogen (secondary N) is 2. The van der Waals surface area contributed by atoms with Crippen LogP contribution in [-0.2, 0) is 9.59 Å². The number of hydrogen-bond donors (Lipinski definition) is 2. The maximum Gasteiger partial charge on any atom is 0.271 e. The fourth-order valence-corrected chi connectivity index (χ4v) is 3.07. The van der Waals surface area contributed by atoms with E-state index in [1.807, 2.05) is 0 Å². The Morgan fingerprint density at radius 2 is 2.12 bits per heavy atom. The van der Waals surface area contributed by atoms with Gasteiger partial charge in [-0.05, 0) is 12.1 Å². The molecule has 2 aromatic rings. The zero-order chi connectivity index (χ0) is 18.5. The first-order valence-electron chi connectivity index (χ1n) is 7.39. The largest absolute Gasteiger partial charge is 0.326 e. The number of nitro benzene ring substituents is 1. The molecule has 10 nitrogen and oxygen atoms in total. The molecule has 1 unspecified atom stereocenters. The first-order valence-corrected chi connectivity index (χ1v) is 8.27. The fraction of sp³-hybridized carbons (Fsp3) is 0.133. The number of carbonyl (C=O) groups excluding carboxylic acids is 2. The van der Waals surface area contributed by atoms with E-state index in [1.54, 1.807) is 6.07 Å². The Bertz CT molecular complexity index is 889. The smallest absolute Gasteiger partial charge is 0.271 e. The zero-order valence-electron chi connectivity index (χ0n) is 13.2. The molecule has 2 heterocycles. The van der Waals surface area contributed by atoms with Crippen LogP contribution in [0.3, 0.4) is 0 Å². The highest BCUT2D eigenvalue weighted by molar-refractivity contribution is 8.15. The van der Waals surface area contributed by atoms with Gasteiger partial charge in [-0.25, -0.2) is 9.97 Å². The van der Waals surface area contributed by atoms with Crippen LogP contribution >= 0.6 is 11.8 Å². The third-order valence-corrected chi connectivity index (χ3v) is 4.32. The van der Waals surface area contributed by atoms with E-state index in [2.05, 4.69) is 25.6 Å². The summed E-state index contributed by atoms with van der Waals surface area (Å²) in [4.78, 5) is 46.3. The standard InChI is InChI=1S/C15H12N6O4S/c22-12(18-9-3-1-4-10(7-9)21(24)25)8-11-13(23)19-15(26-11)20-14-16-5-2-6-17-14/h1-7,11H,8H2,(H,18,22)(H,16,17,19,20,23). The van der Waals surface area contributed by atoms with Crippen LogP contribution in [0.4, 0.5) is 17.3 Å². The normalized spacial score (nSPS) is 17.8. The number of thioether (sulfide) groups is 1. The topological polar surface area (TPSA) is 139 Å². The number of aliphatic imine (C=N–C) groups is 1. The number of rotatable bonds is 5. The van der Waals surface area contributed by atoms with Gasteiger partial charge in [0.15, 0.2) is 5.17 Å². The van der Waals surface area contributed by atoms with Crippen molar-refractivity contribution in [3.8, 4) is 0 Å². The minimum absolute atomic E-state index is 0.103. The van der Waals surface area contributed by atoms with Gasteiger partial charge in [-0.15, -0.1) is 0 Å². The van der Waals surface area contributed by atoms with Gasteiger partial charge >= 0.3 is 0 Å². The molecular weight excluding hydrogens is 360 g/mol. The lowest BCUT2D eigenvalue weighted by Gasteiger charge is -2.07. The van der Waals surface area contributed by atoms with E-state index in [9.17, 15) is 19.7 Å². The molecule has 1 aliphatic heterocycles. The van der Waals surface area contributed by atoms with Crippen molar-refractivity contribution in [3.05, 3.63) is 52.8 Å². The van der Waals surface area contributed by atoms with Crippen molar-refractivity contribution >= 4 is 46.1 Å². The molecule has 2 N–H and O–H groups in total. The van der Waals surface area contributed by atoms with Crippen molar-refractivity contribution in [2.24, 2.45) is 4.99 Å². The Balaban J connectivity index is 1.61. The van der Waals surface area contributed by atoms with Crippen LogP contribution in [0.5, 0.6) is 0 Å². The predicted octanol–water partition coefficient (Wildman–Crippen LogP) is 1.63. The molecule has 1 fully saturated rings. The maximum atomic E-state index is 12.1. The molecule has 11 heteroatoms. The number of hydrogen-bond acceptors (Lipinski definition) is 8. The number of anilines is 1. The second kappa shape index (κ2) is 7.70. The lowest BCUT2D eigenvalue weighted by atomic mass is 10.2. The van der Waals surface area contributed by atoms with E-state index in [-0.39, 0.29) is 24.0 Å². The minimum Gasteiger partial charge on any atom is -0.326 e. The van der Waals surface area contributed by atoms with E-state index in [1.165, 1.54) is 36.7 Å². The van der Waals surface area contributed by atoms with Gasteiger partial charge in [0.25, 0.3) is 11.6 Å². The molecule has 1 atom stereocenters. The van der Waals surface area contributed by atoms with Crippen molar-refractivity contribution < 1.29 is 14.5 Å². The predicted molar refractivity (Wildman–Crippen MR) is 95.0 cm³/mol. The molecular formula is C15H12N6O4S. The molecule has 0 bridgehead atoms. The summed E-state index contributed by atoms with van der Waals surface area (Å²) in [6.07, 6.45) is 2.95. The van der Waals surface area contributed by atoms with Crippen LogP contribution in [-0.4, -0.2) is 37.1 Å². The van der Waals surface area contributed by atoms with E-state index in [0.717, 1.165) is 11.8 Å². The maximum absolute atomic E-state index is 12.1. The zero-order valence-corrected chi connectivity index (χ0v) is 14.0. The van der Waals surface area contributed by atoms with Crippen LogP contribution in [0, 0.1) is 10.1 Å². The molecule has 1 aromatic carbocycles. The van der Waals surface area contributed by atoms with Crippen LogP contribution in [0.1, 0.15) is 6.42 Å². The fourth-order valence-electron chi connectivity index (χ4n) is 2.11. The Hall–Kier alpha value is -3.34. The highest BCUT2D eigenvalue weighted by atomic mass is 32.2. The SMILES string of the molecule is O=C(CC1S/C(=N\c2ncccn2)NC1=O)Nc1cccc([N+](=O)[O-])c1. The number of carbonyl (C=O) groups is 2. The van der Waals surface area contributed by atoms with E-state index < -0.39 is 16.1 Å². The number of non-ortho nitro benzene ring substituents is 1. The van der Waals surface area contributed by atoms with Crippen molar-refractivity contribution in [1.29, 1.82) is 0 Å². The quantitative estimate of drug-likeness (QED) is 0.600. The number of amides is 2. The molecule has 132 valence electrons. The molecule has 1 aromatic heterocycles. The Morgan fingerprint density at radius 3 is 2.85 bits per heavy atom. The molecule has 0 saturated carbocycles. The Morgan fingerprint density at radius 1 is 1.35 bits per heavy atom. The average molecular weight is 372 g/mol. The highest BCUT2D eigenvalue weighted by Crippen LogP contribution is 2.25. The van der Waals surface area contributed by atoms with E-state index >= 15 is 0 Å². The summed E-state index contributed by atoms with van der Waals surface area (Å²) in [7, 11) is 0. The van der Waals surface area contributed by atoms with E-state index in [0.29, 0.717) is 10.9 Å². The Kier molecular flexibility index (Phi) is 5.17.